The molecule has 0 radical (unpaired) electrons. The molecule has 0 aliphatic heterocycles. The highest BCUT2D eigenvalue weighted by Crippen LogP contribution is 2.59. The second-order valence-corrected chi connectivity index (χ2v) is 15.1. The molecule has 5 rings (SSSR count). The number of anilines is 1. The van der Waals surface area contributed by atoms with Gasteiger partial charge in [0.15, 0.2) is 10.8 Å². The lowest BCUT2D eigenvalue weighted by atomic mass is 9.89. The maximum atomic E-state index is 13.1. The molecular formula is C31H38ClF3N6O4S. The molecule has 2 aliphatic carbocycles. The van der Waals surface area contributed by atoms with Crippen LogP contribution in [0.5, 0.6) is 5.88 Å². The van der Waals surface area contributed by atoms with E-state index in [1.54, 1.807) is 6.07 Å². The number of nitrogens with one attached hydrogen (secondary N) is 2. The number of hydrogen-bond acceptors (Lipinski definition) is 8. The molecule has 1 amide bonds. The summed E-state index contributed by atoms with van der Waals surface area (Å²) in [5.41, 5.74) is -0.692. The van der Waals surface area contributed by atoms with Gasteiger partial charge in [0.2, 0.25) is 5.88 Å². The van der Waals surface area contributed by atoms with E-state index < -0.39 is 27.5 Å². The fourth-order valence-electron chi connectivity index (χ4n) is 5.90. The number of pyridine rings is 2. The summed E-state index contributed by atoms with van der Waals surface area (Å²) in [7, 11) is -4.35. The minimum Gasteiger partial charge on any atom is -0.477 e. The van der Waals surface area contributed by atoms with Gasteiger partial charge in [-0.25, -0.2) is 19.4 Å². The van der Waals surface area contributed by atoms with Crippen LogP contribution in [0.1, 0.15) is 81.1 Å². The van der Waals surface area contributed by atoms with Crippen LogP contribution >= 0.6 is 11.6 Å². The summed E-state index contributed by atoms with van der Waals surface area (Å²) in [6.45, 7) is 6.93. The Balaban J connectivity index is 1.16. The number of rotatable bonds is 13. The van der Waals surface area contributed by atoms with Crippen molar-refractivity contribution in [2.24, 2.45) is 16.7 Å². The smallest absolute Gasteiger partial charge is 0.394 e. The molecule has 0 spiro atoms. The Morgan fingerprint density at radius 3 is 2.54 bits per heavy atom. The lowest BCUT2D eigenvalue weighted by molar-refractivity contribution is -0.190. The van der Waals surface area contributed by atoms with Crippen molar-refractivity contribution < 1.29 is 31.1 Å². The van der Waals surface area contributed by atoms with Crippen molar-refractivity contribution in [3.8, 4) is 11.7 Å². The van der Waals surface area contributed by atoms with Gasteiger partial charge in [0.05, 0.1) is 17.6 Å². The predicted molar refractivity (Wildman–Crippen MR) is 167 cm³/mol. The number of nitrogens with zero attached hydrogens (tertiary/aromatic N) is 4. The Kier molecular flexibility index (Phi) is 9.61. The van der Waals surface area contributed by atoms with Crippen molar-refractivity contribution in [3.63, 3.8) is 0 Å². The SMILES string of the molecule is Cc1ccc(S(=O)(=O)NC(=O)c2ccc(-n3ccc(OCCC4(C(F)(F)F)CC4)n3)nc2Cl)nc1NCCCC1CCC(C)(C)C1. The average molecular weight is 683 g/mol. The van der Waals surface area contributed by atoms with E-state index >= 15 is 0 Å². The molecule has 2 aliphatic rings. The first-order valence-electron chi connectivity index (χ1n) is 15.3. The standard InChI is InChI=1S/C31H38ClF3N6O4S/c1-20-6-9-25(38-27(20)36-16-4-5-21-10-12-29(2,3)19-21)46(43,44)40-28(42)22-7-8-23(37-26(22)32)41-17-11-24(39-41)45-18-15-30(13-14-30)31(33,34)35/h6-9,11,17,21H,4-5,10,12-16,18-19H2,1-3H3,(H,36,38)(H,40,42). The second-order valence-electron chi connectivity index (χ2n) is 13.1. The molecule has 0 bridgehead atoms. The van der Waals surface area contributed by atoms with E-state index in [1.807, 2.05) is 11.6 Å². The molecule has 10 nitrogen and oxygen atoms in total. The summed E-state index contributed by atoms with van der Waals surface area (Å²) in [4.78, 5) is 21.3. The first kappa shape index (κ1) is 34.0. The normalized spacial score (nSPS) is 18.7. The molecule has 2 N–H and O–H groups in total. The lowest BCUT2D eigenvalue weighted by Gasteiger charge is -2.18. The maximum Gasteiger partial charge on any atom is 0.394 e. The summed E-state index contributed by atoms with van der Waals surface area (Å²) in [5, 5.41) is 6.77. The largest absolute Gasteiger partial charge is 0.477 e. The first-order chi connectivity index (χ1) is 21.6. The van der Waals surface area contributed by atoms with Gasteiger partial charge in [-0.2, -0.15) is 21.6 Å². The Hall–Kier alpha value is -3.39. The number of halogens is 4. The van der Waals surface area contributed by atoms with Gasteiger partial charge >= 0.3 is 6.18 Å². The molecule has 250 valence electrons. The zero-order valence-corrected chi connectivity index (χ0v) is 27.5. The van der Waals surface area contributed by atoms with Crippen LogP contribution in [0.3, 0.4) is 0 Å². The van der Waals surface area contributed by atoms with Crippen LogP contribution in [0, 0.1) is 23.7 Å². The Morgan fingerprint density at radius 2 is 1.89 bits per heavy atom. The van der Waals surface area contributed by atoms with Gasteiger partial charge in [-0.15, -0.1) is 5.10 Å². The molecule has 3 heterocycles. The quantitative estimate of drug-likeness (QED) is 0.148. The molecule has 0 saturated heterocycles. The molecule has 46 heavy (non-hydrogen) atoms. The second kappa shape index (κ2) is 13.0. The number of ether oxygens (including phenoxy) is 1. The van der Waals surface area contributed by atoms with E-state index in [0.29, 0.717) is 23.7 Å². The van der Waals surface area contributed by atoms with Gasteiger partial charge in [0.1, 0.15) is 11.0 Å². The van der Waals surface area contributed by atoms with Crippen molar-refractivity contribution >= 4 is 33.3 Å². The number of aromatic nitrogens is 4. The Morgan fingerprint density at radius 1 is 1.13 bits per heavy atom. The van der Waals surface area contributed by atoms with E-state index in [2.05, 4.69) is 34.2 Å². The number of hydrogen-bond donors (Lipinski definition) is 2. The molecular weight excluding hydrogens is 645 g/mol. The Bertz CT molecular complexity index is 1690. The number of amides is 1. The summed E-state index contributed by atoms with van der Waals surface area (Å²) >= 11 is 6.25. The van der Waals surface area contributed by atoms with Gasteiger partial charge < -0.3 is 10.1 Å². The first-order valence-corrected chi connectivity index (χ1v) is 17.1. The number of alkyl halides is 3. The minimum absolute atomic E-state index is 0.0942. The summed E-state index contributed by atoms with van der Waals surface area (Å²) < 4.78 is 74.2. The van der Waals surface area contributed by atoms with Crippen LogP contribution in [0.2, 0.25) is 5.15 Å². The third-order valence-corrected chi connectivity index (χ3v) is 10.4. The fraction of sp³-hybridized carbons (Fsp3) is 0.548. The molecule has 0 aromatic carbocycles. The van der Waals surface area contributed by atoms with Crippen LogP contribution in [0.15, 0.2) is 41.6 Å². The number of aryl methyl sites for hydroxylation is 1. The highest BCUT2D eigenvalue weighted by molar-refractivity contribution is 7.90. The van der Waals surface area contributed by atoms with Crippen LogP contribution in [-0.4, -0.2) is 53.4 Å². The van der Waals surface area contributed by atoms with Crippen LogP contribution < -0.4 is 14.8 Å². The van der Waals surface area contributed by atoms with Crippen molar-refractivity contribution in [3.05, 3.63) is 52.8 Å². The van der Waals surface area contributed by atoms with Crippen molar-refractivity contribution in [1.82, 2.24) is 24.5 Å². The average Bonchev–Trinajstić information content (AvgIpc) is 3.49. The predicted octanol–water partition coefficient (Wildman–Crippen LogP) is 6.87. The molecule has 15 heteroatoms. The molecule has 3 aromatic heterocycles. The summed E-state index contributed by atoms with van der Waals surface area (Å²) in [6, 6.07) is 7.10. The molecule has 2 fully saturated rings. The van der Waals surface area contributed by atoms with Gasteiger partial charge in [-0.3, -0.25) is 4.79 Å². The van der Waals surface area contributed by atoms with Gasteiger partial charge in [0.25, 0.3) is 15.9 Å². The summed E-state index contributed by atoms with van der Waals surface area (Å²) in [5.74, 6) is 0.417. The zero-order chi connectivity index (χ0) is 33.3. The van der Waals surface area contributed by atoms with E-state index in [-0.39, 0.29) is 53.3 Å². The van der Waals surface area contributed by atoms with Crippen molar-refractivity contribution in [1.29, 1.82) is 0 Å². The topological polar surface area (TPSA) is 128 Å². The monoisotopic (exact) mass is 682 g/mol. The number of sulfonamides is 1. The van der Waals surface area contributed by atoms with Crippen molar-refractivity contribution in [2.75, 3.05) is 18.5 Å². The van der Waals surface area contributed by atoms with E-state index in [4.69, 9.17) is 16.3 Å². The minimum atomic E-state index is -4.35. The summed E-state index contributed by atoms with van der Waals surface area (Å²) in [6.07, 6.45) is 2.97. The van der Waals surface area contributed by atoms with E-state index in [9.17, 15) is 26.4 Å². The van der Waals surface area contributed by atoms with Crippen LogP contribution in [0.25, 0.3) is 5.82 Å². The van der Waals surface area contributed by atoms with Gasteiger partial charge in [0, 0.05) is 18.8 Å². The fourth-order valence-corrected chi connectivity index (χ4v) is 7.06. The Labute approximate surface area is 271 Å². The molecule has 3 aromatic rings. The zero-order valence-electron chi connectivity index (χ0n) is 26.0. The van der Waals surface area contributed by atoms with Gasteiger partial charge in [-0.05, 0) is 93.4 Å². The maximum absolute atomic E-state index is 13.1. The third kappa shape index (κ3) is 7.93. The lowest BCUT2D eigenvalue weighted by Crippen LogP contribution is -2.31. The van der Waals surface area contributed by atoms with Crippen LogP contribution in [0.4, 0.5) is 19.0 Å². The number of carbonyl (C=O) groups is 1. The van der Waals surface area contributed by atoms with E-state index in [0.717, 1.165) is 18.4 Å². The van der Waals surface area contributed by atoms with Crippen LogP contribution in [-0.2, 0) is 10.0 Å². The van der Waals surface area contributed by atoms with Gasteiger partial charge in [-0.1, -0.05) is 31.5 Å². The molecule has 2 saturated carbocycles. The molecule has 1 unspecified atom stereocenters. The molecule has 1 atom stereocenters. The number of carbonyl (C=O) groups excluding carboxylic acids is 1. The third-order valence-electron chi connectivity index (χ3n) is 8.89. The van der Waals surface area contributed by atoms with Crippen molar-refractivity contribution in [2.45, 2.75) is 83.3 Å². The highest BCUT2D eigenvalue weighted by Gasteiger charge is 2.62. The highest BCUT2D eigenvalue weighted by atomic mass is 35.5. The van der Waals surface area contributed by atoms with E-state index in [1.165, 1.54) is 54.4 Å².